The summed E-state index contributed by atoms with van der Waals surface area (Å²) in [4.78, 5) is 0. The van der Waals surface area contributed by atoms with Crippen LogP contribution in [-0.2, 0) is 0 Å². The number of nitrogens with zero attached hydrogens (tertiary/aromatic N) is 1. The topological polar surface area (TPSA) is 3.24 Å². The number of hydrogen-bond acceptors (Lipinski definition) is 1. The zero-order chi connectivity index (χ0) is 5.98. The Morgan fingerprint density at radius 3 is 2.12 bits per heavy atom. The van der Waals surface area contributed by atoms with Gasteiger partial charge in [-0.1, -0.05) is 12.8 Å². The Bertz CT molecular complexity index is 66.9. The predicted octanol–water partition coefficient (Wildman–Crippen LogP) is 2.01. The summed E-state index contributed by atoms with van der Waals surface area (Å²) >= 11 is 5.72. The average molecular weight is 134 g/mol. The second-order valence-electron chi connectivity index (χ2n) is 2.46. The van der Waals surface area contributed by atoms with Gasteiger partial charge in [0.15, 0.2) is 0 Å². The van der Waals surface area contributed by atoms with E-state index in [-0.39, 0.29) is 0 Å². The van der Waals surface area contributed by atoms with Gasteiger partial charge in [-0.05, 0) is 24.6 Å². The van der Waals surface area contributed by atoms with Crippen molar-refractivity contribution in [2.24, 2.45) is 0 Å². The van der Waals surface area contributed by atoms with Crippen LogP contribution >= 0.6 is 11.8 Å². The fourth-order valence-electron chi connectivity index (χ4n) is 1.26. The molecule has 0 unspecified atom stereocenters. The van der Waals surface area contributed by atoms with Crippen molar-refractivity contribution in [2.45, 2.75) is 31.7 Å². The van der Waals surface area contributed by atoms with E-state index in [0.29, 0.717) is 6.04 Å². The molecule has 1 saturated carbocycles. The van der Waals surface area contributed by atoms with Crippen LogP contribution in [-0.4, -0.2) is 17.5 Å². The van der Waals surface area contributed by atoms with Crippen LogP contribution in [0.3, 0.4) is 0 Å². The second-order valence-corrected chi connectivity index (χ2v) is 3.00. The van der Waals surface area contributed by atoms with Crippen LogP contribution in [0, 0.1) is 0 Å². The summed E-state index contributed by atoms with van der Waals surface area (Å²) < 4.78 is 1.81. The van der Waals surface area contributed by atoms with Crippen molar-refractivity contribution in [3.63, 3.8) is 0 Å². The van der Waals surface area contributed by atoms with Gasteiger partial charge in [-0.3, -0.25) is 0 Å². The molecule has 8 heavy (non-hydrogen) atoms. The molecule has 1 fully saturated rings. The molecule has 0 spiro atoms. The lowest BCUT2D eigenvalue weighted by atomic mass is 10.3. The smallest absolute Gasteiger partial charge is 0.0248 e. The third-order valence-electron chi connectivity index (χ3n) is 1.83. The third-order valence-corrected chi connectivity index (χ3v) is 2.10. The molecule has 48 valence electrons. The first-order valence-electron chi connectivity index (χ1n) is 3.19. The van der Waals surface area contributed by atoms with Gasteiger partial charge in [0.05, 0.1) is 0 Å². The summed E-state index contributed by atoms with van der Waals surface area (Å²) in [5.74, 6) is 0. The van der Waals surface area contributed by atoms with Crippen molar-refractivity contribution >= 4 is 11.8 Å². The first kappa shape index (κ1) is 6.37. The molecule has 0 amide bonds. The van der Waals surface area contributed by atoms with Crippen LogP contribution in [0.5, 0.6) is 0 Å². The average Bonchev–Trinajstić information content (AvgIpc) is 2.12. The highest BCUT2D eigenvalue weighted by Gasteiger charge is 2.17. The largest absolute Gasteiger partial charge is 0.220 e. The molecule has 2 heteroatoms. The van der Waals surface area contributed by atoms with Crippen LogP contribution in [0.25, 0.3) is 0 Å². The van der Waals surface area contributed by atoms with Crippen LogP contribution in [0.4, 0.5) is 0 Å². The van der Waals surface area contributed by atoms with Gasteiger partial charge in [-0.15, -0.1) is 0 Å². The van der Waals surface area contributed by atoms with Crippen molar-refractivity contribution in [3.05, 3.63) is 0 Å². The van der Waals surface area contributed by atoms with Crippen molar-refractivity contribution < 1.29 is 0 Å². The van der Waals surface area contributed by atoms with Crippen molar-refractivity contribution in [1.29, 1.82) is 0 Å². The molecule has 1 aliphatic carbocycles. The predicted molar refractivity (Wildman–Crippen MR) is 35.9 cm³/mol. The minimum atomic E-state index is 0.664. The quantitative estimate of drug-likeness (QED) is 0.495. The molecule has 0 saturated heterocycles. The van der Waals surface area contributed by atoms with Gasteiger partial charge in [-0.2, -0.15) is 0 Å². The molecular weight excluding hydrogens is 122 g/mol. The zero-order valence-electron chi connectivity index (χ0n) is 5.23. The van der Waals surface area contributed by atoms with E-state index in [1.54, 1.807) is 0 Å². The van der Waals surface area contributed by atoms with Crippen LogP contribution in [0.1, 0.15) is 25.7 Å². The van der Waals surface area contributed by atoms with E-state index in [4.69, 9.17) is 11.8 Å². The van der Waals surface area contributed by atoms with E-state index >= 15 is 0 Å². The first-order valence-corrected chi connectivity index (χ1v) is 3.53. The standard InChI is InChI=1S/C6H12ClN/c1-8(7)6-4-2-3-5-6/h6H,2-5H2,1H3. The minimum absolute atomic E-state index is 0.664. The molecule has 0 bridgehead atoms. The zero-order valence-corrected chi connectivity index (χ0v) is 5.99. The monoisotopic (exact) mass is 133 g/mol. The lowest BCUT2D eigenvalue weighted by molar-refractivity contribution is 0.402. The van der Waals surface area contributed by atoms with E-state index in [2.05, 4.69) is 0 Å². The molecule has 0 aromatic heterocycles. The molecule has 1 aliphatic rings. The van der Waals surface area contributed by atoms with E-state index in [1.165, 1.54) is 25.7 Å². The van der Waals surface area contributed by atoms with Gasteiger partial charge >= 0.3 is 0 Å². The molecule has 1 rings (SSSR count). The molecular formula is C6H12ClN. The normalized spacial score (nSPS) is 22.9. The van der Waals surface area contributed by atoms with Gasteiger partial charge in [0.25, 0.3) is 0 Å². The maximum atomic E-state index is 5.72. The Balaban J connectivity index is 2.24. The minimum Gasteiger partial charge on any atom is -0.220 e. The Hall–Kier alpha value is 0.250. The van der Waals surface area contributed by atoms with Crippen molar-refractivity contribution in [1.82, 2.24) is 4.42 Å². The Morgan fingerprint density at radius 2 is 1.88 bits per heavy atom. The summed E-state index contributed by atoms with van der Waals surface area (Å²) in [5, 5.41) is 0. The molecule has 0 heterocycles. The highest BCUT2D eigenvalue weighted by molar-refractivity contribution is 6.13. The van der Waals surface area contributed by atoms with Gasteiger partial charge in [-0.25, -0.2) is 4.42 Å². The van der Waals surface area contributed by atoms with Gasteiger partial charge in [0.1, 0.15) is 0 Å². The molecule has 0 aromatic rings. The maximum Gasteiger partial charge on any atom is 0.0248 e. The summed E-state index contributed by atoms with van der Waals surface area (Å²) in [5.41, 5.74) is 0. The highest BCUT2D eigenvalue weighted by atomic mass is 35.5. The van der Waals surface area contributed by atoms with E-state index in [1.807, 2.05) is 11.5 Å². The lowest BCUT2D eigenvalue weighted by Gasteiger charge is -2.13. The molecule has 0 radical (unpaired) electrons. The van der Waals surface area contributed by atoms with E-state index in [9.17, 15) is 0 Å². The lowest BCUT2D eigenvalue weighted by Crippen LogP contribution is -2.18. The summed E-state index contributed by atoms with van der Waals surface area (Å²) in [6.45, 7) is 0. The van der Waals surface area contributed by atoms with Crippen LogP contribution in [0.15, 0.2) is 0 Å². The number of rotatable bonds is 1. The fourth-order valence-corrected chi connectivity index (χ4v) is 1.46. The van der Waals surface area contributed by atoms with E-state index < -0.39 is 0 Å². The number of hydrogen-bond donors (Lipinski definition) is 0. The fraction of sp³-hybridized carbons (Fsp3) is 1.00. The van der Waals surface area contributed by atoms with Crippen molar-refractivity contribution in [2.75, 3.05) is 7.05 Å². The summed E-state index contributed by atoms with van der Waals surface area (Å²) in [6, 6.07) is 0.664. The van der Waals surface area contributed by atoms with Crippen molar-refractivity contribution in [3.8, 4) is 0 Å². The summed E-state index contributed by atoms with van der Waals surface area (Å²) in [6.07, 6.45) is 5.31. The van der Waals surface area contributed by atoms with Gasteiger partial charge in [0, 0.05) is 13.1 Å². The Kier molecular flexibility index (Phi) is 2.15. The Labute approximate surface area is 55.7 Å². The van der Waals surface area contributed by atoms with E-state index in [0.717, 1.165) is 0 Å². The highest BCUT2D eigenvalue weighted by Crippen LogP contribution is 2.22. The molecule has 0 aromatic carbocycles. The molecule has 0 aliphatic heterocycles. The van der Waals surface area contributed by atoms with Crippen LogP contribution in [0.2, 0.25) is 0 Å². The van der Waals surface area contributed by atoms with Crippen LogP contribution < -0.4 is 0 Å². The Morgan fingerprint density at radius 1 is 1.38 bits per heavy atom. The van der Waals surface area contributed by atoms with Gasteiger partial charge in [0.2, 0.25) is 0 Å². The molecule has 1 nitrogen and oxygen atoms in total. The third kappa shape index (κ3) is 1.36. The maximum absolute atomic E-state index is 5.72. The second kappa shape index (κ2) is 2.70. The SMILES string of the molecule is CN(Cl)C1CCCC1. The van der Waals surface area contributed by atoms with Gasteiger partial charge < -0.3 is 0 Å². The molecule has 0 atom stereocenters. The number of halogens is 1. The molecule has 0 N–H and O–H groups in total. The summed E-state index contributed by atoms with van der Waals surface area (Å²) in [7, 11) is 1.94. The first-order chi connectivity index (χ1) is 3.80.